The third-order valence-corrected chi connectivity index (χ3v) is 18.3. The van der Waals surface area contributed by atoms with Crippen molar-refractivity contribution >= 4 is 112 Å². The average Bonchev–Trinajstić information content (AvgIpc) is 0.855. The Labute approximate surface area is 642 Å². The van der Waals surface area contributed by atoms with Crippen molar-refractivity contribution in [3.05, 3.63) is 65.7 Å². The topological polar surface area (TPSA) is 621 Å². The standard InChI is InChI=1S/C71H111N17O21S/c1-12-37(7)54(72)66(104)87-56(36(5)6)69(107)88-57(38(8)13-2)67(105)76-33-51(91)79-45(27-29-110-11)61(99)84-49(32-53(94)95)64(102)86-55(35(3)4)68(106)78-39(9)58(96)77-40(10)59(97)85-50(34-89)65(103)80-44(25-26-52(92)93)60(98)82-47(30-41-18-15-14-16-19-41)63(101)83-48(31-42-21-23-43(90)24-22-42)62(100)81-46(70(108)109)20-17-28-75-71(73)74/h14-16,18-19,21-24,35-40,44-50,54-57,89-90H,12-13,17,20,25-34,72H2,1-11H3,(H,76,105)(H,77,96)(H,78,106)(H,79,91)(H,80,103)(H,81,100)(H,82,98)(H,83,101)(H,84,99)(H,85,97)(H,86,102)(H,87,104)(H,88,107)(H,92,93)(H,94,95)(H,108,109)(H4,73,74,75)/t37-,38-,39-,40-,44-,45-,46-,47-,48-,49-,50-,54-,55-,56-,57-/m0/s1. The zero-order chi connectivity index (χ0) is 83.2. The summed E-state index contributed by atoms with van der Waals surface area (Å²) in [6.07, 6.45) is -0.400. The lowest BCUT2D eigenvalue weighted by molar-refractivity contribution is -0.142. The van der Waals surface area contributed by atoms with E-state index in [1.165, 1.54) is 56.8 Å². The molecule has 0 aliphatic rings. The number of carboxylic acids is 3. The zero-order valence-electron chi connectivity index (χ0n) is 63.8. The van der Waals surface area contributed by atoms with Crippen molar-refractivity contribution in [2.75, 3.05) is 31.7 Å². The SMILES string of the molecule is CC[C@H](C)[C@H](N)C(=O)N[C@H](C(=O)N[C@H](C(=O)NCC(=O)N[C@@H](CCSC)C(=O)N[C@@H](CC(=O)O)C(=O)N[C@H](C(=O)N[C@@H](C)C(=O)N[C@@H](C)C(=O)N[C@@H](CO)C(=O)N[C@@H](CCC(=O)O)C(=O)N[C@@H](Cc1ccccc1)C(=O)N[C@@H](Cc1ccc(O)cc1)C(=O)N[C@@H](CCCN=C(N)N)C(=O)O)C(C)C)[C@@H](C)CC)C(C)C. The number of aliphatic hydroxyl groups is 1. The molecule has 0 spiro atoms. The number of hydrogen-bond acceptors (Lipinski definition) is 21. The number of carbonyl (C=O) groups excluding carboxylic acids is 13. The van der Waals surface area contributed by atoms with Crippen LogP contribution in [0.3, 0.4) is 0 Å². The Morgan fingerprint density at radius 1 is 0.455 bits per heavy atom. The molecule has 0 radical (unpaired) electrons. The van der Waals surface area contributed by atoms with Crippen LogP contribution in [0.5, 0.6) is 5.75 Å². The molecule has 0 saturated carbocycles. The minimum absolute atomic E-state index is 0.0216. The predicted octanol–water partition coefficient (Wildman–Crippen LogP) is -3.89. The Morgan fingerprint density at radius 3 is 1.38 bits per heavy atom. The number of aromatic hydroxyl groups is 1. The maximum Gasteiger partial charge on any atom is 0.326 e. The first-order chi connectivity index (χ1) is 51.7. The van der Waals surface area contributed by atoms with Crippen LogP contribution in [-0.4, -0.2) is 236 Å². The first-order valence-corrected chi connectivity index (χ1v) is 37.4. The number of rotatable bonds is 50. The number of carboxylic acid groups (broad SMARTS) is 3. The van der Waals surface area contributed by atoms with E-state index in [-0.39, 0.29) is 62.0 Å². The molecule has 0 aromatic heterocycles. The second-order valence-electron chi connectivity index (χ2n) is 27.3. The molecule has 24 N–H and O–H groups in total. The number of phenolic OH excluding ortho intramolecular Hbond substituents is 1. The van der Waals surface area contributed by atoms with Gasteiger partial charge in [0.2, 0.25) is 76.8 Å². The second-order valence-corrected chi connectivity index (χ2v) is 28.2. The van der Waals surface area contributed by atoms with Crippen LogP contribution < -0.4 is 86.3 Å². The number of aliphatic hydroxyl groups excluding tert-OH is 1. The van der Waals surface area contributed by atoms with Crippen LogP contribution in [-0.2, 0) is 89.6 Å². The monoisotopic (exact) mass is 1570 g/mol. The molecule has 2 aromatic rings. The Kier molecular flexibility index (Phi) is 42.2. The summed E-state index contributed by atoms with van der Waals surface area (Å²) < 4.78 is 0. The van der Waals surface area contributed by atoms with Gasteiger partial charge in [-0.15, -0.1) is 0 Å². The van der Waals surface area contributed by atoms with Crippen molar-refractivity contribution in [2.24, 2.45) is 45.9 Å². The van der Waals surface area contributed by atoms with E-state index in [9.17, 15) is 102 Å². The van der Waals surface area contributed by atoms with Gasteiger partial charge in [0.1, 0.15) is 78.3 Å². The van der Waals surface area contributed by atoms with Gasteiger partial charge in [0.25, 0.3) is 0 Å². The van der Waals surface area contributed by atoms with Gasteiger partial charge in [0.05, 0.1) is 25.6 Å². The number of benzene rings is 2. The molecule has 110 heavy (non-hydrogen) atoms. The highest BCUT2D eigenvalue weighted by atomic mass is 32.2. The van der Waals surface area contributed by atoms with Gasteiger partial charge in [-0.3, -0.25) is 76.9 Å². The van der Waals surface area contributed by atoms with Crippen LogP contribution in [0.1, 0.15) is 132 Å². The van der Waals surface area contributed by atoms with E-state index in [0.29, 0.717) is 24.0 Å². The van der Waals surface area contributed by atoms with E-state index in [1.54, 1.807) is 71.2 Å². The van der Waals surface area contributed by atoms with Gasteiger partial charge >= 0.3 is 17.9 Å². The summed E-state index contributed by atoms with van der Waals surface area (Å²) in [6.45, 7) is 14.0. The van der Waals surface area contributed by atoms with Crippen LogP contribution in [0.4, 0.5) is 0 Å². The summed E-state index contributed by atoms with van der Waals surface area (Å²) in [4.78, 5) is 219. The number of hydrogen-bond donors (Lipinski definition) is 21. The van der Waals surface area contributed by atoms with E-state index in [4.69, 9.17) is 17.2 Å². The molecule has 2 aromatic carbocycles. The van der Waals surface area contributed by atoms with Crippen molar-refractivity contribution < 1.29 is 102 Å². The van der Waals surface area contributed by atoms with Gasteiger partial charge in [-0.2, -0.15) is 11.8 Å². The summed E-state index contributed by atoms with van der Waals surface area (Å²) in [5.41, 5.74) is 17.7. The fourth-order valence-electron chi connectivity index (χ4n) is 10.5. The molecule has 0 saturated heterocycles. The lowest BCUT2D eigenvalue weighted by Gasteiger charge is -2.29. The number of aliphatic carboxylic acids is 3. The summed E-state index contributed by atoms with van der Waals surface area (Å²) in [6, 6.07) is -5.87. The maximum absolute atomic E-state index is 14.4. The first-order valence-electron chi connectivity index (χ1n) is 36.0. The van der Waals surface area contributed by atoms with Crippen molar-refractivity contribution in [3.8, 4) is 5.75 Å². The molecule has 0 fully saturated rings. The minimum Gasteiger partial charge on any atom is -0.508 e. The molecule has 612 valence electrons. The van der Waals surface area contributed by atoms with E-state index in [1.807, 2.05) is 6.92 Å². The minimum atomic E-state index is -1.91. The molecular formula is C71H111N17O21S. The van der Waals surface area contributed by atoms with E-state index < -0.39 is 223 Å². The number of aliphatic imine (C=N–C) groups is 1. The van der Waals surface area contributed by atoms with Gasteiger partial charge in [0, 0.05) is 25.8 Å². The molecule has 0 unspecified atom stereocenters. The number of thioether (sulfide) groups is 1. The van der Waals surface area contributed by atoms with Crippen LogP contribution >= 0.6 is 11.8 Å². The molecule has 0 aliphatic heterocycles. The molecule has 2 rings (SSSR count). The molecule has 38 nitrogen and oxygen atoms in total. The molecule has 0 aliphatic carbocycles. The predicted molar refractivity (Wildman–Crippen MR) is 403 cm³/mol. The number of guanidine groups is 1. The Hall–Kier alpha value is -10.7. The van der Waals surface area contributed by atoms with Gasteiger partial charge in [-0.05, 0) is 98.5 Å². The van der Waals surface area contributed by atoms with Crippen LogP contribution in [0.25, 0.3) is 0 Å². The van der Waals surface area contributed by atoms with Crippen molar-refractivity contribution in [1.29, 1.82) is 0 Å². The number of phenols is 1. The quantitative estimate of drug-likeness (QED) is 0.0171. The van der Waals surface area contributed by atoms with Crippen LogP contribution in [0, 0.1) is 23.7 Å². The van der Waals surface area contributed by atoms with Gasteiger partial charge < -0.3 is 112 Å². The zero-order valence-corrected chi connectivity index (χ0v) is 64.6. The summed E-state index contributed by atoms with van der Waals surface area (Å²) >= 11 is 1.27. The van der Waals surface area contributed by atoms with Gasteiger partial charge in [-0.1, -0.05) is 111 Å². The van der Waals surface area contributed by atoms with E-state index >= 15 is 0 Å². The number of nitrogens with one attached hydrogen (secondary N) is 13. The highest BCUT2D eigenvalue weighted by Gasteiger charge is 2.38. The highest BCUT2D eigenvalue weighted by molar-refractivity contribution is 7.98. The van der Waals surface area contributed by atoms with Crippen LogP contribution in [0.15, 0.2) is 59.6 Å². The lowest BCUT2D eigenvalue weighted by Crippen LogP contribution is -2.61. The molecule has 13 amide bonds. The van der Waals surface area contributed by atoms with Gasteiger partial charge in [-0.25, -0.2) is 4.79 Å². The fourth-order valence-corrected chi connectivity index (χ4v) is 11.0. The highest BCUT2D eigenvalue weighted by Crippen LogP contribution is 2.16. The number of nitrogens with zero attached hydrogens (tertiary/aromatic N) is 1. The molecule has 15 atom stereocenters. The third-order valence-electron chi connectivity index (χ3n) is 17.6. The Morgan fingerprint density at radius 2 is 0.891 bits per heavy atom. The number of nitrogens with two attached hydrogens (primary N) is 3. The molecule has 0 bridgehead atoms. The summed E-state index contributed by atoms with van der Waals surface area (Å²) in [5, 5.41) is 81.5. The smallest absolute Gasteiger partial charge is 0.326 e. The summed E-state index contributed by atoms with van der Waals surface area (Å²) in [5.74, 6) is -19.1. The lowest BCUT2D eigenvalue weighted by atomic mass is 9.95. The number of carbonyl (C=O) groups is 16. The average molecular weight is 1570 g/mol. The Bertz CT molecular complexity index is 3500. The first kappa shape index (κ1) is 95.4. The molecule has 0 heterocycles. The van der Waals surface area contributed by atoms with E-state index in [0.717, 1.165) is 6.92 Å². The normalized spacial score (nSPS) is 15.2. The number of amides is 13. The van der Waals surface area contributed by atoms with Crippen LogP contribution in [0.2, 0.25) is 0 Å². The largest absolute Gasteiger partial charge is 0.508 e. The third kappa shape index (κ3) is 34.3. The Balaban J connectivity index is 2.28. The molecular weight excluding hydrogens is 1460 g/mol. The fraction of sp³-hybridized carbons (Fsp3) is 0.592. The van der Waals surface area contributed by atoms with E-state index in [2.05, 4.69) is 74.1 Å². The second kappa shape index (κ2) is 48.7. The van der Waals surface area contributed by atoms with Crippen molar-refractivity contribution in [2.45, 2.75) is 212 Å². The summed E-state index contributed by atoms with van der Waals surface area (Å²) in [7, 11) is 0. The molecule has 39 heteroatoms. The van der Waals surface area contributed by atoms with Gasteiger partial charge in [0.15, 0.2) is 5.96 Å². The maximum atomic E-state index is 14.4. The van der Waals surface area contributed by atoms with Crippen molar-refractivity contribution in [3.63, 3.8) is 0 Å². The van der Waals surface area contributed by atoms with Crippen molar-refractivity contribution in [1.82, 2.24) is 69.1 Å².